The highest BCUT2D eigenvalue weighted by molar-refractivity contribution is 7.17. The van der Waals surface area contributed by atoms with Crippen molar-refractivity contribution in [3.05, 3.63) is 75.1 Å². The van der Waals surface area contributed by atoms with E-state index < -0.39 is 0 Å². The van der Waals surface area contributed by atoms with E-state index in [0.717, 1.165) is 39.3 Å². The lowest BCUT2D eigenvalue weighted by Crippen LogP contribution is -2.27. The summed E-state index contributed by atoms with van der Waals surface area (Å²) in [7, 11) is 1.62. The lowest BCUT2D eigenvalue weighted by atomic mass is 10.1. The predicted molar refractivity (Wildman–Crippen MR) is 125 cm³/mol. The van der Waals surface area contributed by atoms with Gasteiger partial charge in [0.2, 0.25) is 5.91 Å². The van der Waals surface area contributed by atoms with Crippen LogP contribution in [-0.4, -0.2) is 22.6 Å². The molecule has 0 unspecified atom stereocenters. The average molecular weight is 434 g/mol. The van der Waals surface area contributed by atoms with Gasteiger partial charge in [-0.15, -0.1) is 11.3 Å². The van der Waals surface area contributed by atoms with E-state index in [2.05, 4.69) is 10.3 Å². The molecule has 0 saturated heterocycles. The Hall–Kier alpha value is -3.45. The third-order valence-corrected chi connectivity index (χ3v) is 6.16. The molecule has 0 fully saturated rings. The number of fused-ring (bicyclic) bond motifs is 1. The van der Waals surface area contributed by atoms with Gasteiger partial charge in [-0.2, -0.15) is 0 Å². The Morgan fingerprint density at radius 2 is 1.81 bits per heavy atom. The number of hydrogen-bond donors (Lipinski definition) is 1. The summed E-state index contributed by atoms with van der Waals surface area (Å²) in [4.78, 5) is 30.1. The van der Waals surface area contributed by atoms with Gasteiger partial charge in [-0.3, -0.25) is 14.2 Å². The first-order chi connectivity index (χ1) is 14.9. The molecule has 31 heavy (non-hydrogen) atoms. The van der Waals surface area contributed by atoms with Gasteiger partial charge in [0.25, 0.3) is 5.56 Å². The van der Waals surface area contributed by atoms with Crippen molar-refractivity contribution in [2.45, 2.75) is 27.3 Å². The van der Waals surface area contributed by atoms with Crippen molar-refractivity contribution in [1.82, 2.24) is 9.55 Å². The fourth-order valence-electron chi connectivity index (χ4n) is 3.74. The molecule has 2 heterocycles. The van der Waals surface area contributed by atoms with Crippen LogP contribution in [0.2, 0.25) is 0 Å². The molecule has 0 bridgehead atoms. The van der Waals surface area contributed by atoms with Crippen LogP contribution in [0.4, 0.5) is 5.69 Å². The molecule has 1 amide bonds. The monoisotopic (exact) mass is 433 g/mol. The van der Waals surface area contributed by atoms with Gasteiger partial charge < -0.3 is 10.1 Å². The molecule has 0 saturated carbocycles. The van der Waals surface area contributed by atoms with E-state index in [-0.39, 0.29) is 18.0 Å². The minimum atomic E-state index is -0.259. The molecule has 0 aliphatic carbocycles. The molecule has 6 nitrogen and oxygen atoms in total. The highest BCUT2D eigenvalue weighted by atomic mass is 32.1. The lowest BCUT2D eigenvalue weighted by molar-refractivity contribution is -0.116. The van der Waals surface area contributed by atoms with E-state index in [0.29, 0.717) is 10.2 Å². The first-order valence-corrected chi connectivity index (χ1v) is 10.7. The molecule has 0 aliphatic rings. The number of benzene rings is 2. The van der Waals surface area contributed by atoms with Crippen molar-refractivity contribution in [2.24, 2.45) is 0 Å². The van der Waals surface area contributed by atoms with E-state index in [9.17, 15) is 9.59 Å². The van der Waals surface area contributed by atoms with Gasteiger partial charge in [0.05, 0.1) is 19.0 Å². The molecule has 2 aromatic carbocycles. The minimum Gasteiger partial charge on any atom is -0.497 e. The van der Waals surface area contributed by atoms with Crippen molar-refractivity contribution >= 4 is 33.1 Å². The van der Waals surface area contributed by atoms with Crippen molar-refractivity contribution < 1.29 is 9.53 Å². The topological polar surface area (TPSA) is 73.2 Å². The smallest absolute Gasteiger partial charge is 0.271 e. The van der Waals surface area contributed by atoms with E-state index in [1.807, 2.05) is 62.5 Å². The Labute approximate surface area is 184 Å². The SMILES string of the molecule is COc1ccc(-c2csc3c(=O)n(CC(=O)Nc4c(C)cc(C)cc4C)cnc23)cc1. The van der Waals surface area contributed by atoms with Crippen LogP contribution in [0.3, 0.4) is 0 Å². The van der Waals surface area contributed by atoms with Crippen LogP contribution in [0.25, 0.3) is 21.3 Å². The number of rotatable bonds is 5. The number of ether oxygens (including phenoxy) is 1. The summed E-state index contributed by atoms with van der Waals surface area (Å²) < 4.78 is 7.09. The zero-order valence-electron chi connectivity index (χ0n) is 17.9. The van der Waals surface area contributed by atoms with Crippen molar-refractivity contribution in [3.63, 3.8) is 0 Å². The predicted octanol–water partition coefficient (Wildman–Crippen LogP) is 4.70. The van der Waals surface area contributed by atoms with Crippen LogP contribution in [0.1, 0.15) is 16.7 Å². The Balaban J connectivity index is 1.60. The highest BCUT2D eigenvalue weighted by Crippen LogP contribution is 2.31. The third kappa shape index (κ3) is 4.09. The molecule has 1 N–H and O–H groups in total. The second kappa shape index (κ2) is 8.35. The average Bonchev–Trinajstić information content (AvgIpc) is 3.17. The Morgan fingerprint density at radius 1 is 1.13 bits per heavy atom. The lowest BCUT2D eigenvalue weighted by Gasteiger charge is -2.13. The molecule has 4 aromatic rings. The number of hydrogen-bond acceptors (Lipinski definition) is 5. The molecule has 2 aromatic heterocycles. The minimum absolute atomic E-state index is 0.0930. The second-order valence-electron chi connectivity index (χ2n) is 7.56. The number of amides is 1. The fourth-order valence-corrected chi connectivity index (χ4v) is 4.72. The van der Waals surface area contributed by atoms with Crippen LogP contribution >= 0.6 is 11.3 Å². The maximum Gasteiger partial charge on any atom is 0.271 e. The van der Waals surface area contributed by atoms with Crippen molar-refractivity contribution in [2.75, 3.05) is 12.4 Å². The molecular formula is C24H23N3O3S. The molecule has 4 rings (SSSR count). The quantitative estimate of drug-likeness (QED) is 0.495. The molecule has 0 spiro atoms. The molecule has 0 radical (unpaired) electrons. The summed E-state index contributed by atoms with van der Waals surface area (Å²) in [6.07, 6.45) is 1.44. The number of aromatic nitrogens is 2. The first-order valence-electron chi connectivity index (χ1n) is 9.86. The maximum atomic E-state index is 13.0. The Kier molecular flexibility index (Phi) is 5.61. The fraction of sp³-hybridized carbons (Fsp3) is 0.208. The molecule has 7 heteroatoms. The zero-order valence-corrected chi connectivity index (χ0v) is 18.7. The maximum absolute atomic E-state index is 13.0. The molecule has 158 valence electrons. The van der Waals surface area contributed by atoms with Gasteiger partial charge >= 0.3 is 0 Å². The Bertz CT molecular complexity index is 1310. The first kappa shape index (κ1) is 20.8. The van der Waals surface area contributed by atoms with Crippen molar-refractivity contribution in [3.8, 4) is 16.9 Å². The van der Waals surface area contributed by atoms with E-state index in [1.165, 1.54) is 22.2 Å². The van der Waals surface area contributed by atoms with E-state index >= 15 is 0 Å². The number of methoxy groups -OCH3 is 1. The van der Waals surface area contributed by atoms with Crippen LogP contribution in [0.15, 0.2) is 52.9 Å². The van der Waals surface area contributed by atoms with Gasteiger partial charge in [-0.25, -0.2) is 4.98 Å². The standard InChI is InChI=1S/C24H23N3O3S/c1-14-9-15(2)21(16(3)10-14)26-20(28)11-27-13-25-22-19(12-31-23(22)24(27)29)17-5-7-18(30-4)8-6-17/h5-10,12-13H,11H2,1-4H3,(H,26,28). The van der Waals surface area contributed by atoms with Crippen LogP contribution < -0.4 is 15.6 Å². The van der Waals surface area contributed by atoms with E-state index in [1.54, 1.807) is 7.11 Å². The summed E-state index contributed by atoms with van der Waals surface area (Å²) in [5.74, 6) is 0.508. The summed E-state index contributed by atoms with van der Waals surface area (Å²) in [5.41, 5.74) is 6.19. The van der Waals surface area contributed by atoms with Crippen LogP contribution in [-0.2, 0) is 11.3 Å². The normalized spacial score (nSPS) is 11.0. The summed E-state index contributed by atoms with van der Waals surface area (Å²) in [5, 5.41) is 4.86. The Morgan fingerprint density at radius 3 is 2.45 bits per heavy atom. The number of aryl methyl sites for hydroxylation is 3. The number of anilines is 1. The van der Waals surface area contributed by atoms with Crippen LogP contribution in [0.5, 0.6) is 5.75 Å². The number of carbonyl (C=O) groups excluding carboxylic acids is 1. The number of nitrogens with one attached hydrogen (secondary N) is 1. The van der Waals surface area contributed by atoms with Gasteiger partial charge in [0, 0.05) is 16.6 Å². The van der Waals surface area contributed by atoms with Gasteiger partial charge in [-0.1, -0.05) is 29.8 Å². The number of carbonyl (C=O) groups is 1. The number of nitrogens with zero attached hydrogens (tertiary/aromatic N) is 2. The molecule has 0 aliphatic heterocycles. The van der Waals surface area contributed by atoms with E-state index in [4.69, 9.17) is 4.74 Å². The molecular weight excluding hydrogens is 410 g/mol. The molecule has 0 atom stereocenters. The second-order valence-corrected chi connectivity index (χ2v) is 8.43. The third-order valence-electron chi connectivity index (χ3n) is 5.20. The largest absolute Gasteiger partial charge is 0.497 e. The van der Waals surface area contributed by atoms with Crippen molar-refractivity contribution in [1.29, 1.82) is 0 Å². The zero-order chi connectivity index (χ0) is 22.1. The van der Waals surface area contributed by atoms with Gasteiger partial charge in [0.15, 0.2) is 0 Å². The summed E-state index contributed by atoms with van der Waals surface area (Å²) in [6.45, 7) is 5.85. The summed E-state index contributed by atoms with van der Waals surface area (Å²) >= 11 is 1.34. The number of thiophene rings is 1. The van der Waals surface area contributed by atoms with Crippen LogP contribution in [0, 0.1) is 20.8 Å². The summed E-state index contributed by atoms with van der Waals surface area (Å²) in [6, 6.07) is 11.7. The van der Waals surface area contributed by atoms with Gasteiger partial charge in [0.1, 0.15) is 17.0 Å². The highest BCUT2D eigenvalue weighted by Gasteiger charge is 2.15. The van der Waals surface area contributed by atoms with Gasteiger partial charge in [-0.05, 0) is 49.6 Å².